The van der Waals surface area contributed by atoms with Gasteiger partial charge >= 0.3 is 5.97 Å². The molecule has 4 aromatic rings. The predicted molar refractivity (Wildman–Crippen MR) is 110 cm³/mol. The summed E-state index contributed by atoms with van der Waals surface area (Å²) in [6, 6.07) is 23.7. The van der Waals surface area contributed by atoms with E-state index in [0.29, 0.717) is 28.9 Å². The van der Waals surface area contributed by atoms with Crippen LogP contribution in [0.3, 0.4) is 0 Å². The van der Waals surface area contributed by atoms with Crippen LogP contribution in [0, 0.1) is 0 Å². The molecule has 0 N–H and O–H groups in total. The van der Waals surface area contributed by atoms with E-state index < -0.39 is 11.4 Å². The third kappa shape index (κ3) is 3.75. The van der Waals surface area contributed by atoms with Crippen molar-refractivity contribution in [3.8, 4) is 17.1 Å². The molecule has 5 heteroatoms. The van der Waals surface area contributed by atoms with Crippen LogP contribution < -0.4 is 10.2 Å². The molecule has 0 aliphatic rings. The summed E-state index contributed by atoms with van der Waals surface area (Å²) in [5, 5.41) is 0.333. The normalized spacial score (nSPS) is 10.7. The number of hydrogen-bond donors (Lipinski definition) is 0. The molecule has 29 heavy (non-hydrogen) atoms. The van der Waals surface area contributed by atoms with Crippen LogP contribution in [0.5, 0.6) is 5.75 Å². The minimum absolute atomic E-state index is 0.121. The predicted octanol–water partition coefficient (Wildman–Crippen LogP) is 4.83. The van der Waals surface area contributed by atoms with Gasteiger partial charge in [-0.05, 0) is 42.0 Å². The summed E-state index contributed by atoms with van der Waals surface area (Å²) in [7, 11) is 1.24. The van der Waals surface area contributed by atoms with Crippen molar-refractivity contribution in [2.24, 2.45) is 0 Å². The highest BCUT2D eigenvalue weighted by molar-refractivity contribution is 5.99. The first kappa shape index (κ1) is 18.5. The number of esters is 1. The van der Waals surface area contributed by atoms with Crippen molar-refractivity contribution < 1.29 is 18.7 Å². The average molecular weight is 386 g/mol. The molecule has 0 spiro atoms. The van der Waals surface area contributed by atoms with Gasteiger partial charge in [0.15, 0.2) is 11.3 Å². The Morgan fingerprint density at radius 1 is 0.897 bits per heavy atom. The molecular weight excluding hydrogens is 368 g/mol. The fourth-order valence-electron chi connectivity index (χ4n) is 3.08. The van der Waals surface area contributed by atoms with Crippen LogP contribution in [0.1, 0.15) is 15.9 Å². The van der Waals surface area contributed by atoms with Gasteiger partial charge in [0.2, 0.25) is 5.43 Å². The standard InChI is InChI=1S/C24H18O5/c1-27-24(26)21-22(25)19-9-5-6-10-20(19)29-23(21)17-11-13-18(14-12-17)28-15-16-7-3-2-4-8-16/h2-14H,15H2,1H3. The van der Waals surface area contributed by atoms with E-state index in [9.17, 15) is 9.59 Å². The van der Waals surface area contributed by atoms with Crippen molar-refractivity contribution in [2.45, 2.75) is 6.61 Å². The van der Waals surface area contributed by atoms with E-state index in [2.05, 4.69) is 0 Å². The molecule has 0 amide bonds. The Labute approximate surface area is 167 Å². The fraction of sp³-hybridized carbons (Fsp3) is 0.0833. The molecule has 3 aromatic carbocycles. The van der Waals surface area contributed by atoms with Crippen LogP contribution in [-0.4, -0.2) is 13.1 Å². The van der Waals surface area contributed by atoms with Gasteiger partial charge in [-0.3, -0.25) is 4.79 Å². The number of methoxy groups -OCH3 is 1. The van der Waals surface area contributed by atoms with Crippen molar-refractivity contribution in [3.05, 3.63) is 100 Å². The smallest absolute Gasteiger partial charge is 0.345 e. The summed E-state index contributed by atoms with van der Waals surface area (Å²) in [5.41, 5.74) is 1.51. The minimum Gasteiger partial charge on any atom is -0.489 e. The number of carbonyl (C=O) groups is 1. The highest BCUT2D eigenvalue weighted by Gasteiger charge is 2.22. The number of rotatable bonds is 5. The lowest BCUT2D eigenvalue weighted by molar-refractivity contribution is 0.0598. The lowest BCUT2D eigenvalue weighted by atomic mass is 10.0. The van der Waals surface area contributed by atoms with Gasteiger partial charge in [0.25, 0.3) is 0 Å². The van der Waals surface area contributed by atoms with Gasteiger partial charge in [0, 0.05) is 5.56 Å². The van der Waals surface area contributed by atoms with Crippen LogP contribution in [0.25, 0.3) is 22.3 Å². The zero-order chi connectivity index (χ0) is 20.2. The van der Waals surface area contributed by atoms with Crippen molar-refractivity contribution in [1.29, 1.82) is 0 Å². The van der Waals surface area contributed by atoms with Gasteiger partial charge in [-0.25, -0.2) is 4.79 Å². The molecule has 0 saturated heterocycles. The number of carbonyl (C=O) groups excluding carboxylic acids is 1. The quantitative estimate of drug-likeness (QED) is 0.460. The maximum Gasteiger partial charge on any atom is 0.345 e. The molecule has 0 radical (unpaired) electrons. The molecule has 0 saturated carbocycles. The molecule has 4 rings (SSSR count). The summed E-state index contributed by atoms with van der Waals surface area (Å²) in [5.74, 6) is 0.111. The van der Waals surface area contributed by atoms with Crippen LogP contribution in [-0.2, 0) is 11.3 Å². The van der Waals surface area contributed by atoms with Gasteiger partial charge < -0.3 is 13.9 Å². The summed E-state index contributed by atoms with van der Waals surface area (Å²) in [4.78, 5) is 25.2. The Balaban J connectivity index is 1.70. The molecule has 0 bridgehead atoms. The van der Waals surface area contributed by atoms with Crippen molar-refractivity contribution in [1.82, 2.24) is 0 Å². The Bertz CT molecular complexity index is 1210. The molecule has 1 aromatic heterocycles. The van der Waals surface area contributed by atoms with Crippen molar-refractivity contribution >= 4 is 16.9 Å². The molecule has 0 aliphatic heterocycles. The van der Waals surface area contributed by atoms with Crippen molar-refractivity contribution in [2.75, 3.05) is 7.11 Å². The molecule has 0 unspecified atom stereocenters. The first-order valence-electron chi connectivity index (χ1n) is 9.08. The number of ether oxygens (including phenoxy) is 2. The van der Waals surface area contributed by atoms with Crippen LogP contribution >= 0.6 is 0 Å². The second-order valence-electron chi connectivity index (χ2n) is 6.42. The van der Waals surface area contributed by atoms with E-state index in [1.807, 2.05) is 30.3 Å². The minimum atomic E-state index is -0.732. The van der Waals surface area contributed by atoms with Crippen LogP contribution in [0.15, 0.2) is 88.1 Å². The Morgan fingerprint density at radius 3 is 2.31 bits per heavy atom. The maximum atomic E-state index is 12.9. The van der Waals surface area contributed by atoms with E-state index in [0.717, 1.165) is 5.56 Å². The molecule has 1 heterocycles. The molecule has 144 valence electrons. The summed E-state index contributed by atoms with van der Waals surface area (Å²) in [6.07, 6.45) is 0. The summed E-state index contributed by atoms with van der Waals surface area (Å²) >= 11 is 0. The van der Waals surface area contributed by atoms with Gasteiger partial charge in [0.1, 0.15) is 17.9 Å². The molecule has 0 fully saturated rings. The van der Waals surface area contributed by atoms with Crippen LogP contribution in [0.2, 0.25) is 0 Å². The molecule has 0 aliphatic carbocycles. The summed E-state index contributed by atoms with van der Waals surface area (Å²) in [6.45, 7) is 0.443. The number of para-hydroxylation sites is 1. The van der Waals surface area contributed by atoms with Gasteiger partial charge in [-0.15, -0.1) is 0 Å². The second-order valence-corrected chi connectivity index (χ2v) is 6.42. The van der Waals surface area contributed by atoms with E-state index in [1.165, 1.54) is 7.11 Å². The lowest BCUT2D eigenvalue weighted by Gasteiger charge is -2.10. The topological polar surface area (TPSA) is 65.7 Å². The monoisotopic (exact) mass is 386 g/mol. The SMILES string of the molecule is COC(=O)c1c(-c2ccc(OCc3ccccc3)cc2)oc2ccccc2c1=O. The number of hydrogen-bond acceptors (Lipinski definition) is 5. The molecular formula is C24H18O5. The van der Waals surface area contributed by atoms with Gasteiger partial charge in [-0.2, -0.15) is 0 Å². The van der Waals surface area contributed by atoms with E-state index in [-0.39, 0.29) is 11.3 Å². The second kappa shape index (κ2) is 8.02. The first-order chi connectivity index (χ1) is 14.2. The van der Waals surface area contributed by atoms with Crippen molar-refractivity contribution in [3.63, 3.8) is 0 Å². The van der Waals surface area contributed by atoms with E-state index in [4.69, 9.17) is 13.9 Å². The van der Waals surface area contributed by atoms with Gasteiger partial charge in [0.05, 0.1) is 12.5 Å². The average Bonchev–Trinajstić information content (AvgIpc) is 2.78. The van der Waals surface area contributed by atoms with Crippen LogP contribution in [0.4, 0.5) is 0 Å². The van der Waals surface area contributed by atoms with Gasteiger partial charge in [-0.1, -0.05) is 42.5 Å². The largest absolute Gasteiger partial charge is 0.489 e. The highest BCUT2D eigenvalue weighted by atomic mass is 16.5. The van der Waals surface area contributed by atoms with E-state index >= 15 is 0 Å². The fourth-order valence-corrected chi connectivity index (χ4v) is 3.08. The third-order valence-electron chi connectivity index (χ3n) is 4.55. The molecule has 5 nitrogen and oxygen atoms in total. The zero-order valence-corrected chi connectivity index (χ0v) is 15.8. The maximum absolute atomic E-state index is 12.9. The first-order valence-corrected chi connectivity index (χ1v) is 9.08. The van der Waals surface area contributed by atoms with E-state index in [1.54, 1.807) is 48.5 Å². The third-order valence-corrected chi connectivity index (χ3v) is 4.55. The molecule has 0 atom stereocenters. The Kier molecular flexibility index (Phi) is 5.12. The Hall–Kier alpha value is -3.86. The number of benzene rings is 3. The summed E-state index contributed by atoms with van der Waals surface area (Å²) < 4.78 is 16.5. The lowest BCUT2D eigenvalue weighted by Crippen LogP contribution is -2.18. The zero-order valence-electron chi connectivity index (χ0n) is 15.8. The highest BCUT2D eigenvalue weighted by Crippen LogP contribution is 2.28. The Morgan fingerprint density at radius 2 is 1.59 bits per heavy atom. The number of fused-ring (bicyclic) bond motifs is 1.